The molecule has 0 aliphatic rings. The van der Waals surface area contributed by atoms with Crippen LogP contribution in [0.15, 0.2) is 72.8 Å². The number of hydrogen-bond donors (Lipinski definition) is 3. The van der Waals surface area contributed by atoms with Crippen LogP contribution in [0.4, 0.5) is 17.1 Å². The second-order valence-corrected chi connectivity index (χ2v) is 7.11. The lowest BCUT2D eigenvalue weighted by molar-refractivity contribution is -0.117. The summed E-state index contributed by atoms with van der Waals surface area (Å²) in [7, 11) is 0. The Balaban J connectivity index is 1.82. The third kappa shape index (κ3) is 5.59. The van der Waals surface area contributed by atoms with E-state index in [0.29, 0.717) is 16.4 Å². The summed E-state index contributed by atoms with van der Waals surface area (Å²) in [5, 5.41) is 9.51. The van der Waals surface area contributed by atoms with Gasteiger partial charge in [-0.25, -0.2) is 0 Å². The van der Waals surface area contributed by atoms with E-state index in [-0.39, 0.29) is 11.8 Å². The van der Waals surface area contributed by atoms with Crippen LogP contribution in [0.2, 0.25) is 5.02 Å². The maximum atomic E-state index is 13.1. The van der Waals surface area contributed by atoms with Gasteiger partial charge in [-0.2, -0.15) is 0 Å². The summed E-state index contributed by atoms with van der Waals surface area (Å²) in [5.41, 5.74) is 3.85. The summed E-state index contributed by atoms with van der Waals surface area (Å²) < 4.78 is 0. The van der Waals surface area contributed by atoms with Gasteiger partial charge in [-0.05, 0) is 54.4 Å². The van der Waals surface area contributed by atoms with Gasteiger partial charge in [0.05, 0.1) is 0 Å². The number of amides is 2. The molecule has 0 saturated heterocycles. The van der Waals surface area contributed by atoms with Crippen LogP contribution >= 0.6 is 11.6 Å². The summed E-state index contributed by atoms with van der Waals surface area (Å²) in [4.78, 5) is 24.2. The predicted octanol–water partition coefficient (Wildman–Crippen LogP) is 5.40. The van der Waals surface area contributed by atoms with E-state index in [1.54, 1.807) is 18.2 Å². The molecule has 0 aromatic heterocycles. The molecule has 0 heterocycles. The molecule has 3 N–H and O–H groups in total. The number of benzene rings is 3. The minimum absolute atomic E-state index is 0.135. The quantitative estimate of drug-likeness (QED) is 0.512. The molecule has 0 spiro atoms. The summed E-state index contributed by atoms with van der Waals surface area (Å²) in [6, 6.07) is 21.5. The lowest BCUT2D eigenvalue weighted by atomic mass is 10.1. The monoisotopic (exact) mass is 407 g/mol. The summed E-state index contributed by atoms with van der Waals surface area (Å²) >= 11 is 6.18. The minimum atomic E-state index is -0.608. The van der Waals surface area contributed by atoms with Crippen LogP contribution in [0.3, 0.4) is 0 Å². The highest BCUT2D eigenvalue weighted by Crippen LogP contribution is 2.25. The van der Waals surface area contributed by atoms with E-state index in [0.717, 1.165) is 16.8 Å². The molecule has 0 fully saturated rings. The highest BCUT2D eigenvalue weighted by molar-refractivity contribution is 6.31. The zero-order valence-electron chi connectivity index (χ0n) is 16.2. The van der Waals surface area contributed by atoms with E-state index in [2.05, 4.69) is 16.0 Å². The Morgan fingerprint density at radius 2 is 1.45 bits per heavy atom. The van der Waals surface area contributed by atoms with Crippen molar-refractivity contribution in [2.45, 2.75) is 19.9 Å². The van der Waals surface area contributed by atoms with Crippen molar-refractivity contribution in [3.8, 4) is 0 Å². The van der Waals surface area contributed by atoms with E-state index in [4.69, 9.17) is 11.6 Å². The van der Waals surface area contributed by atoms with E-state index >= 15 is 0 Å². The van der Waals surface area contributed by atoms with Gasteiger partial charge in [0, 0.05) is 29.0 Å². The van der Waals surface area contributed by atoms with Crippen molar-refractivity contribution in [2.75, 3.05) is 16.0 Å². The van der Waals surface area contributed by atoms with Crippen molar-refractivity contribution in [1.82, 2.24) is 0 Å². The maximum absolute atomic E-state index is 13.1. The highest BCUT2D eigenvalue weighted by atomic mass is 35.5. The number of aryl methyl sites for hydroxylation is 1. The second kappa shape index (κ2) is 9.26. The molecule has 0 bridgehead atoms. The van der Waals surface area contributed by atoms with Crippen molar-refractivity contribution in [3.05, 3.63) is 88.9 Å². The van der Waals surface area contributed by atoms with E-state index in [1.807, 2.05) is 61.5 Å². The van der Waals surface area contributed by atoms with E-state index < -0.39 is 6.04 Å². The van der Waals surface area contributed by atoms with Crippen LogP contribution in [0.5, 0.6) is 0 Å². The van der Waals surface area contributed by atoms with Gasteiger partial charge in [0.25, 0.3) is 5.91 Å². The summed E-state index contributed by atoms with van der Waals surface area (Å²) in [6.07, 6.45) is 0. The second-order valence-electron chi connectivity index (χ2n) is 6.70. The van der Waals surface area contributed by atoms with Gasteiger partial charge in [0.1, 0.15) is 6.04 Å². The maximum Gasteiger partial charge on any atom is 0.251 e. The first-order valence-electron chi connectivity index (χ1n) is 9.18. The van der Waals surface area contributed by atoms with Crippen LogP contribution in [0.25, 0.3) is 0 Å². The molecule has 3 aromatic rings. The number of nitrogens with one attached hydrogen (secondary N) is 3. The molecule has 0 aliphatic heterocycles. The van der Waals surface area contributed by atoms with Gasteiger partial charge in [-0.15, -0.1) is 0 Å². The van der Waals surface area contributed by atoms with Crippen molar-refractivity contribution >= 4 is 40.5 Å². The molecule has 6 heteroatoms. The number of anilines is 3. The molecule has 29 heavy (non-hydrogen) atoms. The first-order chi connectivity index (χ1) is 13.9. The number of carbonyl (C=O) groups excluding carboxylic acids is 2. The molecular formula is C23H22ClN3O2. The molecule has 2 amide bonds. The van der Waals surface area contributed by atoms with Crippen LogP contribution in [0, 0.1) is 6.92 Å². The summed E-state index contributed by atoms with van der Waals surface area (Å²) in [6.45, 7) is 3.37. The highest BCUT2D eigenvalue weighted by Gasteiger charge is 2.21. The Labute approximate surface area is 175 Å². The molecule has 1 atom stereocenters. The fraction of sp³-hybridized carbons (Fsp3) is 0.130. The molecule has 0 radical (unpaired) electrons. The molecule has 148 valence electrons. The molecule has 5 nitrogen and oxygen atoms in total. The van der Waals surface area contributed by atoms with Crippen LogP contribution in [0.1, 0.15) is 24.1 Å². The fourth-order valence-electron chi connectivity index (χ4n) is 2.85. The SMILES string of the molecule is CC(=O)Nc1ccc(NC(C(=O)Nc2ccc(C)c(Cl)c2)c2ccccc2)cc1. The van der Waals surface area contributed by atoms with Gasteiger partial charge in [-0.1, -0.05) is 48.0 Å². The van der Waals surface area contributed by atoms with E-state index in [1.165, 1.54) is 6.92 Å². The average Bonchev–Trinajstić information content (AvgIpc) is 2.70. The van der Waals surface area contributed by atoms with E-state index in [9.17, 15) is 9.59 Å². The van der Waals surface area contributed by atoms with Crippen molar-refractivity contribution in [3.63, 3.8) is 0 Å². The Morgan fingerprint density at radius 1 is 0.828 bits per heavy atom. The smallest absolute Gasteiger partial charge is 0.251 e. The summed E-state index contributed by atoms with van der Waals surface area (Å²) in [5.74, 6) is -0.342. The van der Waals surface area contributed by atoms with Crippen LogP contribution in [-0.2, 0) is 9.59 Å². The zero-order valence-corrected chi connectivity index (χ0v) is 17.0. The average molecular weight is 408 g/mol. The fourth-order valence-corrected chi connectivity index (χ4v) is 3.03. The lowest BCUT2D eigenvalue weighted by Crippen LogP contribution is -2.27. The number of carbonyl (C=O) groups is 2. The normalized spacial score (nSPS) is 11.4. The Morgan fingerprint density at radius 3 is 2.07 bits per heavy atom. The largest absolute Gasteiger partial charge is 0.370 e. The molecular weight excluding hydrogens is 386 g/mol. The van der Waals surface area contributed by atoms with Crippen LogP contribution < -0.4 is 16.0 Å². The number of hydrogen-bond acceptors (Lipinski definition) is 3. The molecule has 1 unspecified atom stereocenters. The van der Waals surface area contributed by atoms with Gasteiger partial charge in [0.2, 0.25) is 5.91 Å². The Hall–Kier alpha value is -3.31. The third-order valence-electron chi connectivity index (χ3n) is 4.35. The topological polar surface area (TPSA) is 70.2 Å². The Kier molecular flexibility index (Phi) is 6.52. The molecule has 0 aliphatic carbocycles. The standard InChI is InChI=1S/C23H22ClN3O2/c1-15-8-9-20(14-21(15)24)27-23(29)22(17-6-4-3-5-7-17)26-19-12-10-18(11-13-19)25-16(2)28/h3-14,22,26H,1-2H3,(H,25,28)(H,27,29). The molecule has 3 aromatic carbocycles. The van der Waals surface area contributed by atoms with Gasteiger partial charge >= 0.3 is 0 Å². The van der Waals surface area contributed by atoms with Crippen molar-refractivity contribution in [2.24, 2.45) is 0 Å². The number of halogens is 1. The zero-order chi connectivity index (χ0) is 20.8. The third-order valence-corrected chi connectivity index (χ3v) is 4.76. The number of rotatable bonds is 6. The molecule has 3 rings (SSSR count). The van der Waals surface area contributed by atoms with Gasteiger partial charge in [-0.3, -0.25) is 9.59 Å². The van der Waals surface area contributed by atoms with Gasteiger partial charge < -0.3 is 16.0 Å². The van der Waals surface area contributed by atoms with Crippen molar-refractivity contribution in [1.29, 1.82) is 0 Å². The van der Waals surface area contributed by atoms with Gasteiger partial charge in [0.15, 0.2) is 0 Å². The van der Waals surface area contributed by atoms with Crippen LogP contribution in [-0.4, -0.2) is 11.8 Å². The molecule has 0 saturated carbocycles. The lowest BCUT2D eigenvalue weighted by Gasteiger charge is -2.20. The minimum Gasteiger partial charge on any atom is -0.370 e. The first-order valence-corrected chi connectivity index (χ1v) is 9.56. The van der Waals surface area contributed by atoms with Crippen molar-refractivity contribution < 1.29 is 9.59 Å². The Bertz CT molecular complexity index is 1000. The predicted molar refractivity (Wildman–Crippen MR) is 118 cm³/mol. The first kappa shape index (κ1) is 20.4.